The molecule has 14 heavy (non-hydrogen) atoms. The molecule has 1 aliphatic rings. The topological polar surface area (TPSA) is 61.3 Å². The SMILES string of the molecule is CCCCO[Si](N)(N)C1CCCCC1. The third kappa shape index (κ3) is 3.69. The van der Waals surface area contributed by atoms with Crippen molar-refractivity contribution in [2.75, 3.05) is 6.61 Å². The van der Waals surface area contributed by atoms with Crippen molar-refractivity contribution in [2.24, 2.45) is 10.8 Å². The van der Waals surface area contributed by atoms with Crippen LogP contribution in [0.25, 0.3) is 0 Å². The van der Waals surface area contributed by atoms with Gasteiger partial charge in [-0.2, -0.15) is 0 Å². The molecule has 0 saturated heterocycles. The van der Waals surface area contributed by atoms with Crippen LogP contribution in [-0.2, 0) is 4.43 Å². The van der Waals surface area contributed by atoms with Gasteiger partial charge in [-0.1, -0.05) is 32.6 Å². The Bertz CT molecular complexity index is 158. The molecule has 84 valence electrons. The van der Waals surface area contributed by atoms with Gasteiger partial charge in [0, 0.05) is 12.1 Å². The molecule has 0 bridgehead atoms. The van der Waals surface area contributed by atoms with Crippen molar-refractivity contribution in [3.63, 3.8) is 0 Å². The van der Waals surface area contributed by atoms with Crippen molar-refractivity contribution in [2.45, 2.75) is 57.4 Å². The van der Waals surface area contributed by atoms with E-state index in [2.05, 4.69) is 6.92 Å². The minimum Gasteiger partial charge on any atom is -0.392 e. The largest absolute Gasteiger partial charge is 0.392 e. The molecule has 0 aromatic heterocycles. The van der Waals surface area contributed by atoms with Crippen molar-refractivity contribution >= 4 is 8.64 Å². The Labute approximate surface area is 88.5 Å². The summed E-state index contributed by atoms with van der Waals surface area (Å²) in [6, 6.07) is 0. The monoisotopic (exact) mass is 216 g/mol. The fourth-order valence-corrected chi connectivity index (χ4v) is 4.11. The first-order chi connectivity index (χ1) is 6.67. The summed E-state index contributed by atoms with van der Waals surface area (Å²) in [6.07, 6.45) is 8.51. The second-order valence-corrected chi connectivity index (χ2v) is 7.20. The summed E-state index contributed by atoms with van der Waals surface area (Å²) in [7, 11) is -2.34. The van der Waals surface area contributed by atoms with Crippen molar-refractivity contribution in [3.8, 4) is 0 Å². The van der Waals surface area contributed by atoms with Gasteiger partial charge in [-0.05, 0) is 19.3 Å². The summed E-state index contributed by atoms with van der Waals surface area (Å²) in [5, 5.41) is 12.3. The van der Waals surface area contributed by atoms with Crippen LogP contribution < -0.4 is 10.8 Å². The Morgan fingerprint density at radius 2 is 1.86 bits per heavy atom. The van der Waals surface area contributed by atoms with Crippen molar-refractivity contribution < 1.29 is 4.43 Å². The number of hydrogen-bond donors (Lipinski definition) is 2. The van der Waals surface area contributed by atoms with Crippen LogP contribution in [0, 0.1) is 0 Å². The highest BCUT2D eigenvalue weighted by atomic mass is 28.4. The van der Waals surface area contributed by atoms with Crippen LogP contribution in [0.2, 0.25) is 5.54 Å². The number of nitrogens with two attached hydrogens (primary N) is 2. The van der Waals surface area contributed by atoms with E-state index in [1.807, 2.05) is 0 Å². The summed E-state index contributed by atoms with van der Waals surface area (Å²) >= 11 is 0. The van der Waals surface area contributed by atoms with Crippen LogP contribution in [0.3, 0.4) is 0 Å². The number of hydrogen-bond acceptors (Lipinski definition) is 3. The first-order valence-electron chi connectivity index (χ1n) is 5.88. The van der Waals surface area contributed by atoms with Gasteiger partial charge < -0.3 is 15.2 Å². The van der Waals surface area contributed by atoms with Crippen LogP contribution >= 0.6 is 0 Å². The third-order valence-electron chi connectivity index (χ3n) is 3.09. The van der Waals surface area contributed by atoms with Gasteiger partial charge in [0.15, 0.2) is 0 Å². The molecular weight excluding hydrogens is 192 g/mol. The van der Waals surface area contributed by atoms with Crippen LogP contribution in [-0.4, -0.2) is 15.2 Å². The van der Waals surface area contributed by atoms with Crippen LogP contribution in [0.4, 0.5) is 0 Å². The average Bonchev–Trinajstić information content (AvgIpc) is 2.19. The number of rotatable bonds is 5. The molecule has 0 unspecified atom stereocenters. The molecule has 0 spiro atoms. The normalized spacial score (nSPS) is 19.9. The number of unbranched alkanes of at least 4 members (excludes halogenated alkanes) is 1. The highest BCUT2D eigenvalue weighted by Crippen LogP contribution is 2.32. The zero-order valence-electron chi connectivity index (χ0n) is 9.30. The maximum atomic E-state index is 6.13. The van der Waals surface area contributed by atoms with Gasteiger partial charge in [-0.3, -0.25) is 0 Å². The van der Waals surface area contributed by atoms with E-state index in [0.717, 1.165) is 19.4 Å². The van der Waals surface area contributed by atoms with Gasteiger partial charge >= 0.3 is 8.64 Å². The van der Waals surface area contributed by atoms with Crippen molar-refractivity contribution in [1.82, 2.24) is 0 Å². The van der Waals surface area contributed by atoms with Gasteiger partial charge in [0.25, 0.3) is 0 Å². The highest BCUT2D eigenvalue weighted by molar-refractivity contribution is 6.68. The van der Waals surface area contributed by atoms with Crippen molar-refractivity contribution in [1.29, 1.82) is 0 Å². The molecule has 0 atom stereocenters. The first kappa shape index (κ1) is 12.2. The van der Waals surface area contributed by atoms with E-state index < -0.39 is 8.64 Å². The quantitative estimate of drug-likeness (QED) is 0.546. The van der Waals surface area contributed by atoms with Gasteiger partial charge in [-0.25, -0.2) is 0 Å². The smallest absolute Gasteiger partial charge is 0.349 e. The Balaban J connectivity index is 2.29. The molecule has 0 amide bonds. The van der Waals surface area contributed by atoms with E-state index in [9.17, 15) is 0 Å². The predicted octanol–water partition coefficient (Wildman–Crippen LogP) is 1.99. The van der Waals surface area contributed by atoms with E-state index in [1.165, 1.54) is 32.1 Å². The van der Waals surface area contributed by atoms with E-state index in [-0.39, 0.29) is 0 Å². The van der Waals surface area contributed by atoms with Crippen LogP contribution in [0.15, 0.2) is 0 Å². The third-order valence-corrected chi connectivity index (χ3v) is 5.65. The minimum absolute atomic E-state index is 0.494. The van der Waals surface area contributed by atoms with Crippen molar-refractivity contribution in [3.05, 3.63) is 0 Å². The summed E-state index contributed by atoms with van der Waals surface area (Å²) in [5.74, 6) is 0. The minimum atomic E-state index is -2.34. The van der Waals surface area contributed by atoms with E-state index in [4.69, 9.17) is 15.2 Å². The molecule has 1 rings (SSSR count). The van der Waals surface area contributed by atoms with Gasteiger partial charge in [0.2, 0.25) is 0 Å². The summed E-state index contributed by atoms with van der Waals surface area (Å²) < 4.78 is 5.70. The second kappa shape index (κ2) is 5.85. The Kier molecular flexibility index (Phi) is 5.09. The fraction of sp³-hybridized carbons (Fsp3) is 1.00. The van der Waals surface area contributed by atoms with E-state index >= 15 is 0 Å². The lowest BCUT2D eigenvalue weighted by molar-refractivity contribution is 0.273. The predicted molar refractivity (Wildman–Crippen MR) is 61.8 cm³/mol. The molecule has 1 saturated carbocycles. The molecule has 0 aliphatic heterocycles. The fourth-order valence-electron chi connectivity index (χ4n) is 2.06. The molecule has 4 N–H and O–H groups in total. The van der Waals surface area contributed by atoms with Gasteiger partial charge in [0.1, 0.15) is 0 Å². The average molecular weight is 216 g/mol. The Morgan fingerprint density at radius 1 is 1.21 bits per heavy atom. The highest BCUT2D eigenvalue weighted by Gasteiger charge is 2.37. The molecule has 0 aromatic rings. The van der Waals surface area contributed by atoms with E-state index in [0.29, 0.717) is 5.54 Å². The lowest BCUT2D eigenvalue weighted by Gasteiger charge is -2.32. The molecule has 1 fully saturated rings. The standard InChI is InChI=1S/C10H24N2OSi/c1-2-3-9-13-14(11,12)10-7-5-4-6-8-10/h10H,2-9,11-12H2,1H3. The van der Waals surface area contributed by atoms with E-state index in [1.54, 1.807) is 0 Å². The second-order valence-electron chi connectivity index (χ2n) is 4.39. The summed E-state index contributed by atoms with van der Waals surface area (Å²) in [4.78, 5) is 0. The molecule has 0 radical (unpaired) electrons. The van der Waals surface area contributed by atoms with Crippen LogP contribution in [0.5, 0.6) is 0 Å². The van der Waals surface area contributed by atoms with Gasteiger partial charge in [0.05, 0.1) is 0 Å². The molecule has 0 heterocycles. The molecular formula is C10H24N2OSi. The maximum absolute atomic E-state index is 6.13. The lowest BCUT2D eigenvalue weighted by Crippen LogP contribution is -2.62. The summed E-state index contributed by atoms with van der Waals surface area (Å²) in [6.45, 7) is 2.91. The molecule has 1 aliphatic carbocycles. The lowest BCUT2D eigenvalue weighted by atomic mass is 10.0. The molecule has 4 heteroatoms. The molecule has 0 aromatic carbocycles. The summed E-state index contributed by atoms with van der Waals surface area (Å²) in [5.41, 5.74) is 0.494. The Morgan fingerprint density at radius 3 is 2.43 bits per heavy atom. The first-order valence-corrected chi connectivity index (χ1v) is 8.02. The zero-order chi connectivity index (χ0) is 10.4. The Hall–Kier alpha value is 0.0969. The zero-order valence-corrected chi connectivity index (χ0v) is 10.3. The van der Waals surface area contributed by atoms with Gasteiger partial charge in [-0.15, -0.1) is 0 Å². The maximum Gasteiger partial charge on any atom is 0.349 e. The molecule has 3 nitrogen and oxygen atoms in total. The van der Waals surface area contributed by atoms with Crippen LogP contribution in [0.1, 0.15) is 51.9 Å².